The second-order valence-corrected chi connectivity index (χ2v) is 7.20. The van der Waals surface area contributed by atoms with Gasteiger partial charge in [0.2, 0.25) is 10.0 Å². The van der Waals surface area contributed by atoms with Gasteiger partial charge in [-0.1, -0.05) is 23.2 Å². The molecule has 106 valence electrons. The fourth-order valence-electron chi connectivity index (χ4n) is 2.13. The van der Waals surface area contributed by atoms with Gasteiger partial charge in [0.25, 0.3) is 0 Å². The summed E-state index contributed by atoms with van der Waals surface area (Å²) >= 11 is 11.7. The van der Waals surface area contributed by atoms with Crippen molar-refractivity contribution in [1.29, 1.82) is 0 Å². The first-order valence-corrected chi connectivity index (χ1v) is 8.38. The Morgan fingerprint density at radius 2 is 2.16 bits per heavy atom. The van der Waals surface area contributed by atoms with Crippen LogP contribution in [0.15, 0.2) is 23.1 Å². The van der Waals surface area contributed by atoms with E-state index in [4.69, 9.17) is 23.2 Å². The topological polar surface area (TPSA) is 58.2 Å². The molecule has 0 amide bonds. The van der Waals surface area contributed by atoms with Gasteiger partial charge < -0.3 is 5.32 Å². The normalized spacial score (nSPS) is 19.8. The largest absolute Gasteiger partial charge is 0.316 e. The second-order valence-electron chi connectivity index (χ2n) is 4.62. The summed E-state index contributed by atoms with van der Waals surface area (Å²) in [4.78, 5) is 0.0723. The number of halogens is 2. The van der Waals surface area contributed by atoms with Crippen molar-refractivity contribution in [3.05, 3.63) is 28.2 Å². The molecule has 1 aromatic carbocycles. The predicted molar refractivity (Wildman–Crippen MR) is 77.2 cm³/mol. The zero-order valence-corrected chi connectivity index (χ0v) is 12.7. The van der Waals surface area contributed by atoms with Gasteiger partial charge in [0.05, 0.1) is 5.02 Å². The van der Waals surface area contributed by atoms with E-state index in [2.05, 4.69) is 10.0 Å². The molecule has 1 aromatic rings. The summed E-state index contributed by atoms with van der Waals surface area (Å²) < 4.78 is 26.7. The Balaban J connectivity index is 1.97. The quantitative estimate of drug-likeness (QED) is 0.874. The van der Waals surface area contributed by atoms with Crippen LogP contribution in [-0.4, -0.2) is 28.1 Å². The van der Waals surface area contributed by atoms with Crippen LogP contribution in [0.1, 0.15) is 12.8 Å². The molecular formula is C12H16Cl2N2O2S. The van der Waals surface area contributed by atoms with Gasteiger partial charge in [0.15, 0.2) is 0 Å². The zero-order chi connectivity index (χ0) is 13.9. The summed E-state index contributed by atoms with van der Waals surface area (Å²) in [5.74, 6) is 0.545. The van der Waals surface area contributed by atoms with E-state index < -0.39 is 10.0 Å². The molecule has 0 saturated carbocycles. The highest BCUT2D eigenvalue weighted by molar-refractivity contribution is 7.89. The summed E-state index contributed by atoms with van der Waals surface area (Å²) in [6.07, 6.45) is 1.93. The molecule has 0 spiro atoms. The van der Waals surface area contributed by atoms with Gasteiger partial charge >= 0.3 is 0 Å². The first kappa shape index (κ1) is 15.1. The minimum absolute atomic E-state index is 0.0723. The molecule has 1 atom stereocenters. The molecule has 2 N–H and O–H groups in total. The van der Waals surface area contributed by atoms with Crippen LogP contribution in [0.3, 0.4) is 0 Å². The lowest BCUT2D eigenvalue weighted by Gasteiger charge is -2.11. The van der Waals surface area contributed by atoms with E-state index in [9.17, 15) is 8.42 Å². The number of sulfonamides is 1. The summed E-state index contributed by atoms with van der Waals surface area (Å²) in [6, 6.07) is 4.37. The second kappa shape index (κ2) is 6.41. The van der Waals surface area contributed by atoms with Crippen molar-refractivity contribution in [2.24, 2.45) is 5.92 Å². The molecule has 1 aliphatic rings. The van der Waals surface area contributed by atoms with E-state index in [1.807, 2.05) is 0 Å². The van der Waals surface area contributed by atoms with Gasteiger partial charge in [-0.3, -0.25) is 0 Å². The van der Waals surface area contributed by atoms with Gasteiger partial charge in [0.1, 0.15) is 4.90 Å². The van der Waals surface area contributed by atoms with E-state index in [1.165, 1.54) is 18.2 Å². The highest BCUT2D eigenvalue weighted by Gasteiger charge is 2.19. The van der Waals surface area contributed by atoms with Gasteiger partial charge in [-0.2, -0.15) is 0 Å². The van der Waals surface area contributed by atoms with Crippen LogP contribution in [0.25, 0.3) is 0 Å². The minimum Gasteiger partial charge on any atom is -0.316 e. The third-order valence-corrected chi connectivity index (χ3v) is 5.37. The van der Waals surface area contributed by atoms with Crippen LogP contribution in [0, 0.1) is 5.92 Å². The predicted octanol–water partition coefficient (Wildman–Crippen LogP) is 2.27. The molecule has 0 aliphatic carbocycles. The van der Waals surface area contributed by atoms with Crippen molar-refractivity contribution in [2.45, 2.75) is 17.7 Å². The summed E-state index contributed by atoms with van der Waals surface area (Å²) in [5, 5.41) is 3.81. The van der Waals surface area contributed by atoms with Crippen molar-refractivity contribution in [2.75, 3.05) is 19.6 Å². The molecule has 1 heterocycles. The molecule has 0 radical (unpaired) electrons. The maximum absolute atomic E-state index is 12.1. The fourth-order valence-corrected chi connectivity index (χ4v) is 3.95. The van der Waals surface area contributed by atoms with Crippen LogP contribution in [-0.2, 0) is 10.0 Å². The molecule has 19 heavy (non-hydrogen) atoms. The summed E-state index contributed by atoms with van der Waals surface area (Å²) in [7, 11) is -3.56. The lowest BCUT2D eigenvalue weighted by atomic mass is 10.1. The van der Waals surface area contributed by atoms with E-state index in [1.54, 1.807) is 0 Å². The number of hydrogen-bond acceptors (Lipinski definition) is 3. The number of rotatable bonds is 5. The number of nitrogens with one attached hydrogen (secondary N) is 2. The first-order valence-electron chi connectivity index (χ1n) is 6.14. The van der Waals surface area contributed by atoms with Gasteiger partial charge in [0, 0.05) is 11.6 Å². The molecule has 7 heteroatoms. The average Bonchev–Trinajstić information content (AvgIpc) is 2.81. The van der Waals surface area contributed by atoms with Crippen molar-refractivity contribution in [1.82, 2.24) is 10.0 Å². The van der Waals surface area contributed by atoms with Crippen molar-refractivity contribution in [3.8, 4) is 0 Å². The first-order chi connectivity index (χ1) is 8.99. The van der Waals surface area contributed by atoms with E-state index in [-0.39, 0.29) is 9.92 Å². The van der Waals surface area contributed by atoms with Gasteiger partial charge in [-0.05, 0) is 50.0 Å². The SMILES string of the molecule is O=S(=O)(NCCC1CCNC1)c1ccc(Cl)cc1Cl. The maximum atomic E-state index is 12.1. The average molecular weight is 323 g/mol. The zero-order valence-electron chi connectivity index (χ0n) is 10.3. The van der Waals surface area contributed by atoms with E-state index in [0.29, 0.717) is 17.5 Å². The Kier molecular flexibility index (Phi) is 5.09. The Labute approximate surface area is 123 Å². The van der Waals surface area contributed by atoms with Crippen molar-refractivity contribution >= 4 is 33.2 Å². The van der Waals surface area contributed by atoms with Crippen LogP contribution in [0.2, 0.25) is 10.0 Å². The Bertz CT molecular complexity index is 543. The molecule has 1 fully saturated rings. The maximum Gasteiger partial charge on any atom is 0.242 e. The molecule has 1 unspecified atom stereocenters. The molecule has 0 bridgehead atoms. The highest BCUT2D eigenvalue weighted by Crippen LogP contribution is 2.24. The van der Waals surface area contributed by atoms with Crippen molar-refractivity contribution < 1.29 is 8.42 Å². The minimum atomic E-state index is -3.56. The molecule has 4 nitrogen and oxygen atoms in total. The van der Waals surface area contributed by atoms with E-state index in [0.717, 1.165) is 25.9 Å². The molecular weight excluding hydrogens is 307 g/mol. The fraction of sp³-hybridized carbons (Fsp3) is 0.500. The third-order valence-electron chi connectivity index (χ3n) is 3.19. The number of hydrogen-bond donors (Lipinski definition) is 2. The third kappa shape index (κ3) is 4.07. The Morgan fingerprint density at radius 1 is 1.37 bits per heavy atom. The summed E-state index contributed by atoms with van der Waals surface area (Å²) in [5.41, 5.74) is 0. The van der Waals surface area contributed by atoms with Crippen LogP contribution < -0.4 is 10.0 Å². The molecule has 2 rings (SSSR count). The van der Waals surface area contributed by atoms with Crippen LogP contribution >= 0.6 is 23.2 Å². The van der Waals surface area contributed by atoms with Gasteiger partial charge in [-0.15, -0.1) is 0 Å². The molecule has 1 saturated heterocycles. The van der Waals surface area contributed by atoms with Crippen LogP contribution in [0.5, 0.6) is 0 Å². The lowest BCUT2D eigenvalue weighted by Crippen LogP contribution is -2.26. The molecule has 0 aromatic heterocycles. The highest BCUT2D eigenvalue weighted by atomic mass is 35.5. The summed E-state index contributed by atoms with van der Waals surface area (Å²) in [6.45, 7) is 2.40. The van der Waals surface area contributed by atoms with Crippen molar-refractivity contribution in [3.63, 3.8) is 0 Å². The van der Waals surface area contributed by atoms with Gasteiger partial charge in [-0.25, -0.2) is 13.1 Å². The standard InChI is InChI=1S/C12H16Cl2N2O2S/c13-10-1-2-12(11(14)7-10)19(17,18)16-6-4-9-3-5-15-8-9/h1-2,7,9,15-16H,3-6,8H2. The Hall–Kier alpha value is -0.330. The van der Waals surface area contributed by atoms with E-state index >= 15 is 0 Å². The monoisotopic (exact) mass is 322 g/mol. The Morgan fingerprint density at radius 3 is 2.79 bits per heavy atom. The van der Waals surface area contributed by atoms with Crippen LogP contribution in [0.4, 0.5) is 0 Å². The smallest absolute Gasteiger partial charge is 0.242 e. The number of benzene rings is 1. The lowest BCUT2D eigenvalue weighted by molar-refractivity contribution is 0.519. The molecule has 1 aliphatic heterocycles.